The molecule has 140 valence electrons. The van der Waals surface area contributed by atoms with Crippen LogP contribution in [0.25, 0.3) is 0 Å². The third-order valence-corrected chi connectivity index (χ3v) is 4.89. The zero-order valence-corrected chi connectivity index (χ0v) is 15.3. The van der Waals surface area contributed by atoms with E-state index in [0.717, 1.165) is 19.3 Å². The number of carbonyl (C=O) groups is 3. The summed E-state index contributed by atoms with van der Waals surface area (Å²) < 4.78 is 0. The third kappa shape index (κ3) is 10.4. The molecule has 0 aromatic heterocycles. The van der Waals surface area contributed by atoms with Crippen LogP contribution in [0, 0.1) is 5.41 Å². The summed E-state index contributed by atoms with van der Waals surface area (Å²) in [6.45, 7) is 3.66. The molecule has 0 radical (unpaired) electrons. The van der Waals surface area contributed by atoms with Crippen LogP contribution in [0.3, 0.4) is 0 Å². The molecule has 5 nitrogen and oxygen atoms in total. The van der Waals surface area contributed by atoms with Crippen molar-refractivity contribution in [3.8, 4) is 0 Å². The van der Waals surface area contributed by atoms with Crippen LogP contribution in [0.2, 0.25) is 0 Å². The van der Waals surface area contributed by atoms with Gasteiger partial charge in [0.1, 0.15) is 5.78 Å². The quantitative estimate of drug-likeness (QED) is 0.392. The van der Waals surface area contributed by atoms with Gasteiger partial charge >= 0.3 is 11.9 Å². The highest BCUT2D eigenvalue weighted by atomic mass is 16.4. The summed E-state index contributed by atoms with van der Waals surface area (Å²) in [5.41, 5.74) is -0.793. The number of aliphatic carboxylic acids is 2. The Balaban J connectivity index is 4.42. The normalized spacial score (nSPS) is 11.4. The number of unbranched alkanes of at least 4 members (excludes halogenated alkanes) is 7. The molecule has 5 heteroatoms. The zero-order chi connectivity index (χ0) is 18.4. The second-order valence-corrected chi connectivity index (χ2v) is 6.85. The van der Waals surface area contributed by atoms with Gasteiger partial charge in [0.05, 0.1) is 0 Å². The minimum absolute atomic E-state index is 0.0760. The standard InChI is InChI=1S/C19H34O5/c1-3-4-5-6-7-8-9-10-13-19(16(2)20,14-11-17(21)22)15-12-18(23)24/h3-15H2,1-2H3,(H,21,22)(H,23,24). The summed E-state index contributed by atoms with van der Waals surface area (Å²) in [4.78, 5) is 33.9. The Morgan fingerprint density at radius 1 is 0.708 bits per heavy atom. The Hall–Kier alpha value is -1.39. The van der Waals surface area contributed by atoms with Crippen molar-refractivity contribution in [1.29, 1.82) is 0 Å². The van der Waals surface area contributed by atoms with Crippen LogP contribution in [-0.4, -0.2) is 27.9 Å². The molecule has 0 aromatic rings. The van der Waals surface area contributed by atoms with E-state index in [2.05, 4.69) is 6.92 Å². The van der Waals surface area contributed by atoms with Crippen LogP contribution >= 0.6 is 0 Å². The van der Waals surface area contributed by atoms with Gasteiger partial charge in [-0.1, -0.05) is 58.3 Å². The van der Waals surface area contributed by atoms with E-state index in [1.165, 1.54) is 39.0 Å². The first-order chi connectivity index (χ1) is 11.3. The largest absolute Gasteiger partial charge is 0.481 e. The molecule has 0 aromatic carbocycles. The van der Waals surface area contributed by atoms with E-state index in [0.29, 0.717) is 6.42 Å². The minimum Gasteiger partial charge on any atom is -0.481 e. The third-order valence-electron chi connectivity index (χ3n) is 4.89. The SMILES string of the molecule is CCCCCCCCCCC(CCC(=O)O)(CCC(=O)O)C(C)=O. The Morgan fingerprint density at radius 3 is 1.50 bits per heavy atom. The molecule has 24 heavy (non-hydrogen) atoms. The van der Waals surface area contributed by atoms with Crippen LogP contribution in [-0.2, 0) is 14.4 Å². The van der Waals surface area contributed by atoms with Crippen LogP contribution in [0.1, 0.15) is 97.3 Å². The fourth-order valence-corrected chi connectivity index (χ4v) is 3.19. The van der Waals surface area contributed by atoms with Crippen molar-refractivity contribution < 1.29 is 24.6 Å². The molecule has 0 saturated heterocycles. The Bertz CT molecular complexity index is 371. The lowest BCUT2D eigenvalue weighted by Crippen LogP contribution is -2.31. The molecule has 0 amide bonds. The van der Waals surface area contributed by atoms with E-state index in [-0.39, 0.29) is 31.5 Å². The number of hydrogen-bond acceptors (Lipinski definition) is 3. The lowest BCUT2D eigenvalue weighted by molar-refractivity contribution is -0.139. The Morgan fingerprint density at radius 2 is 1.12 bits per heavy atom. The summed E-state index contributed by atoms with van der Waals surface area (Å²) in [6.07, 6.45) is 10.1. The first-order valence-corrected chi connectivity index (χ1v) is 9.28. The van der Waals surface area contributed by atoms with Gasteiger partial charge in [-0.2, -0.15) is 0 Å². The number of ketones is 1. The maximum absolute atomic E-state index is 12.1. The van der Waals surface area contributed by atoms with Crippen molar-refractivity contribution in [2.75, 3.05) is 0 Å². The van der Waals surface area contributed by atoms with E-state index in [4.69, 9.17) is 10.2 Å². The molecule has 0 aliphatic carbocycles. The lowest BCUT2D eigenvalue weighted by atomic mass is 9.72. The lowest BCUT2D eigenvalue weighted by Gasteiger charge is -2.30. The van der Waals surface area contributed by atoms with Gasteiger partial charge in [-0.15, -0.1) is 0 Å². The van der Waals surface area contributed by atoms with Gasteiger partial charge < -0.3 is 10.2 Å². The van der Waals surface area contributed by atoms with Crippen LogP contribution in [0.15, 0.2) is 0 Å². The van der Waals surface area contributed by atoms with E-state index in [1.807, 2.05) is 0 Å². The maximum Gasteiger partial charge on any atom is 0.303 e. The number of hydrogen-bond donors (Lipinski definition) is 2. The van der Waals surface area contributed by atoms with Crippen molar-refractivity contribution in [2.24, 2.45) is 5.41 Å². The second-order valence-electron chi connectivity index (χ2n) is 6.85. The molecule has 0 heterocycles. The van der Waals surface area contributed by atoms with E-state index in [9.17, 15) is 14.4 Å². The molecular formula is C19H34O5. The average molecular weight is 342 g/mol. The molecule has 0 bridgehead atoms. The second kappa shape index (κ2) is 13.0. The predicted octanol–water partition coefficient (Wildman–Crippen LogP) is 4.82. The van der Waals surface area contributed by atoms with Crippen molar-refractivity contribution in [3.63, 3.8) is 0 Å². The fourth-order valence-electron chi connectivity index (χ4n) is 3.19. The van der Waals surface area contributed by atoms with Gasteiger partial charge in [0.15, 0.2) is 0 Å². The smallest absolute Gasteiger partial charge is 0.303 e. The van der Waals surface area contributed by atoms with Gasteiger partial charge in [-0.3, -0.25) is 14.4 Å². The highest BCUT2D eigenvalue weighted by molar-refractivity contribution is 5.83. The molecule has 2 N–H and O–H groups in total. The van der Waals surface area contributed by atoms with Crippen LogP contribution in [0.4, 0.5) is 0 Å². The monoisotopic (exact) mass is 342 g/mol. The van der Waals surface area contributed by atoms with E-state index < -0.39 is 17.4 Å². The number of carbonyl (C=O) groups excluding carboxylic acids is 1. The Kier molecular flexibility index (Phi) is 12.2. The molecule has 0 aliphatic heterocycles. The highest BCUT2D eigenvalue weighted by Crippen LogP contribution is 2.37. The molecule has 0 aliphatic rings. The highest BCUT2D eigenvalue weighted by Gasteiger charge is 2.35. The van der Waals surface area contributed by atoms with Crippen molar-refractivity contribution in [1.82, 2.24) is 0 Å². The topological polar surface area (TPSA) is 91.7 Å². The summed E-state index contributed by atoms with van der Waals surface area (Å²) in [5, 5.41) is 17.8. The first-order valence-electron chi connectivity index (χ1n) is 9.28. The summed E-state index contributed by atoms with van der Waals surface area (Å²) in [5.74, 6) is -1.95. The molecule has 0 rings (SSSR count). The molecule has 0 fully saturated rings. The Labute approximate surface area is 145 Å². The van der Waals surface area contributed by atoms with Gasteiger partial charge in [0.2, 0.25) is 0 Å². The van der Waals surface area contributed by atoms with E-state index in [1.54, 1.807) is 0 Å². The number of Topliss-reactive ketones (excluding diaryl/α,β-unsaturated/α-hetero) is 1. The fraction of sp³-hybridized carbons (Fsp3) is 0.842. The van der Waals surface area contributed by atoms with Gasteiger partial charge in [0, 0.05) is 18.3 Å². The number of rotatable bonds is 16. The number of carboxylic acid groups (broad SMARTS) is 2. The van der Waals surface area contributed by atoms with Crippen molar-refractivity contribution >= 4 is 17.7 Å². The van der Waals surface area contributed by atoms with Gasteiger partial charge in [0.25, 0.3) is 0 Å². The first kappa shape index (κ1) is 22.6. The minimum atomic E-state index is -0.938. The predicted molar refractivity (Wildman–Crippen MR) is 94.1 cm³/mol. The maximum atomic E-state index is 12.1. The molecule has 0 atom stereocenters. The van der Waals surface area contributed by atoms with Gasteiger partial charge in [-0.05, 0) is 26.2 Å². The average Bonchev–Trinajstić information content (AvgIpc) is 2.51. The van der Waals surface area contributed by atoms with Crippen LogP contribution in [0.5, 0.6) is 0 Å². The van der Waals surface area contributed by atoms with E-state index >= 15 is 0 Å². The zero-order valence-electron chi connectivity index (χ0n) is 15.3. The molecule has 0 saturated carbocycles. The molecule has 0 unspecified atom stereocenters. The van der Waals surface area contributed by atoms with Crippen molar-refractivity contribution in [3.05, 3.63) is 0 Å². The summed E-state index contributed by atoms with van der Waals surface area (Å²) in [7, 11) is 0. The summed E-state index contributed by atoms with van der Waals surface area (Å²) >= 11 is 0. The molecular weight excluding hydrogens is 308 g/mol. The van der Waals surface area contributed by atoms with Gasteiger partial charge in [-0.25, -0.2) is 0 Å². The number of carboxylic acids is 2. The van der Waals surface area contributed by atoms with Crippen LogP contribution < -0.4 is 0 Å². The molecule has 0 spiro atoms. The summed E-state index contributed by atoms with van der Waals surface area (Å²) in [6, 6.07) is 0. The van der Waals surface area contributed by atoms with Crippen molar-refractivity contribution in [2.45, 2.75) is 97.3 Å².